The number of methoxy groups -OCH3 is 1. The summed E-state index contributed by atoms with van der Waals surface area (Å²) in [5.74, 6) is 0.341. The molecule has 0 amide bonds. The van der Waals surface area contributed by atoms with E-state index in [-0.39, 0.29) is 11.7 Å². The predicted octanol–water partition coefficient (Wildman–Crippen LogP) is 2.35. The Labute approximate surface area is 71.4 Å². The summed E-state index contributed by atoms with van der Waals surface area (Å²) in [5, 5.41) is 0. The smallest absolute Gasteiger partial charge is 0.213 e. The average molecular weight is 169 g/mol. The highest BCUT2D eigenvalue weighted by molar-refractivity contribution is 5.24. The summed E-state index contributed by atoms with van der Waals surface area (Å²) in [6, 6.07) is 1.62. The van der Waals surface area contributed by atoms with Crippen LogP contribution in [0.15, 0.2) is 12.3 Å². The maximum Gasteiger partial charge on any atom is 0.213 e. The van der Waals surface area contributed by atoms with Gasteiger partial charge in [0, 0.05) is 6.07 Å². The first-order chi connectivity index (χ1) is 5.65. The topological polar surface area (TPSA) is 22.1 Å². The van der Waals surface area contributed by atoms with Gasteiger partial charge in [-0.1, -0.05) is 13.8 Å². The van der Waals surface area contributed by atoms with Crippen LogP contribution >= 0.6 is 0 Å². The second kappa shape index (κ2) is 3.52. The Kier molecular flexibility index (Phi) is 2.63. The zero-order valence-electron chi connectivity index (χ0n) is 7.47. The molecule has 0 aliphatic rings. The van der Waals surface area contributed by atoms with Gasteiger partial charge in [0.25, 0.3) is 0 Å². The van der Waals surface area contributed by atoms with Crippen molar-refractivity contribution < 1.29 is 9.13 Å². The quantitative estimate of drug-likeness (QED) is 0.678. The van der Waals surface area contributed by atoms with Crippen molar-refractivity contribution in [2.24, 2.45) is 0 Å². The maximum atomic E-state index is 13.0. The molecule has 0 bridgehead atoms. The number of hydrogen-bond donors (Lipinski definition) is 0. The third kappa shape index (κ3) is 1.72. The second-order valence-corrected chi connectivity index (χ2v) is 2.90. The Balaban J connectivity index is 3.08. The van der Waals surface area contributed by atoms with Crippen molar-refractivity contribution in [1.82, 2.24) is 4.98 Å². The van der Waals surface area contributed by atoms with Crippen molar-refractivity contribution in [1.29, 1.82) is 0 Å². The Morgan fingerprint density at radius 3 is 2.67 bits per heavy atom. The van der Waals surface area contributed by atoms with Crippen LogP contribution in [0.4, 0.5) is 4.39 Å². The highest BCUT2D eigenvalue weighted by atomic mass is 19.1. The fourth-order valence-electron chi connectivity index (χ4n) is 0.988. The van der Waals surface area contributed by atoms with Gasteiger partial charge in [0.15, 0.2) is 0 Å². The van der Waals surface area contributed by atoms with Crippen molar-refractivity contribution in [3.05, 3.63) is 23.6 Å². The Morgan fingerprint density at radius 2 is 2.17 bits per heavy atom. The van der Waals surface area contributed by atoms with Crippen LogP contribution in [0.1, 0.15) is 25.3 Å². The van der Waals surface area contributed by atoms with Crippen LogP contribution in [0.5, 0.6) is 5.88 Å². The van der Waals surface area contributed by atoms with Gasteiger partial charge in [0.2, 0.25) is 5.88 Å². The van der Waals surface area contributed by atoms with E-state index in [4.69, 9.17) is 4.74 Å². The fraction of sp³-hybridized carbons (Fsp3) is 0.444. The van der Waals surface area contributed by atoms with Crippen molar-refractivity contribution in [3.63, 3.8) is 0 Å². The molecule has 0 unspecified atom stereocenters. The Morgan fingerprint density at radius 1 is 1.50 bits per heavy atom. The molecule has 0 aliphatic heterocycles. The third-order valence-electron chi connectivity index (χ3n) is 1.69. The lowest BCUT2D eigenvalue weighted by Gasteiger charge is -2.07. The van der Waals surface area contributed by atoms with E-state index in [0.29, 0.717) is 11.4 Å². The van der Waals surface area contributed by atoms with Crippen LogP contribution in [-0.2, 0) is 0 Å². The molecule has 2 nitrogen and oxygen atoms in total. The number of nitrogens with zero attached hydrogens (tertiary/aromatic N) is 1. The molecule has 0 radical (unpaired) electrons. The van der Waals surface area contributed by atoms with E-state index >= 15 is 0 Å². The molecular formula is C9H12FNO. The van der Waals surface area contributed by atoms with Gasteiger partial charge in [-0.2, -0.15) is 0 Å². The standard InChI is InChI=1S/C9H12FNO/c1-6(2)7-4-9(12-3)11-5-8(7)10/h4-6H,1-3H3. The van der Waals surface area contributed by atoms with Gasteiger partial charge in [-0.15, -0.1) is 0 Å². The summed E-state index contributed by atoms with van der Waals surface area (Å²) >= 11 is 0. The second-order valence-electron chi connectivity index (χ2n) is 2.90. The highest BCUT2D eigenvalue weighted by Crippen LogP contribution is 2.20. The van der Waals surface area contributed by atoms with E-state index < -0.39 is 0 Å². The first kappa shape index (κ1) is 8.97. The Hall–Kier alpha value is -1.12. The zero-order chi connectivity index (χ0) is 9.14. The van der Waals surface area contributed by atoms with Crippen molar-refractivity contribution >= 4 is 0 Å². The molecule has 0 fully saturated rings. The summed E-state index contributed by atoms with van der Waals surface area (Å²) < 4.78 is 17.9. The summed E-state index contributed by atoms with van der Waals surface area (Å²) in [6.07, 6.45) is 1.19. The number of aromatic nitrogens is 1. The zero-order valence-corrected chi connectivity index (χ0v) is 7.47. The van der Waals surface area contributed by atoms with Crippen molar-refractivity contribution in [3.8, 4) is 5.88 Å². The minimum atomic E-state index is -0.272. The summed E-state index contributed by atoms with van der Waals surface area (Å²) in [5.41, 5.74) is 0.641. The molecule has 1 rings (SSSR count). The molecule has 3 heteroatoms. The molecule has 12 heavy (non-hydrogen) atoms. The van der Waals surface area contributed by atoms with Gasteiger partial charge in [0.05, 0.1) is 13.3 Å². The van der Waals surface area contributed by atoms with E-state index in [1.165, 1.54) is 13.3 Å². The monoisotopic (exact) mass is 169 g/mol. The molecule has 0 aromatic carbocycles. The molecule has 0 aliphatic carbocycles. The van der Waals surface area contributed by atoms with Gasteiger partial charge >= 0.3 is 0 Å². The van der Waals surface area contributed by atoms with Gasteiger partial charge < -0.3 is 4.74 Å². The molecule has 1 aromatic rings. The van der Waals surface area contributed by atoms with Crippen molar-refractivity contribution in [2.45, 2.75) is 19.8 Å². The molecule has 1 heterocycles. The fourth-order valence-corrected chi connectivity index (χ4v) is 0.988. The van der Waals surface area contributed by atoms with Crippen LogP contribution < -0.4 is 4.74 Å². The van der Waals surface area contributed by atoms with E-state index in [1.54, 1.807) is 6.07 Å². The van der Waals surface area contributed by atoms with Gasteiger partial charge in [-0.05, 0) is 11.5 Å². The Bertz CT molecular complexity index is 273. The van der Waals surface area contributed by atoms with Crippen LogP contribution in [0.25, 0.3) is 0 Å². The maximum absolute atomic E-state index is 13.0. The molecule has 0 saturated carbocycles. The predicted molar refractivity (Wildman–Crippen MR) is 44.8 cm³/mol. The number of ether oxygens (including phenoxy) is 1. The third-order valence-corrected chi connectivity index (χ3v) is 1.69. The average Bonchev–Trinajstić information content (AvgIpc) is 2.05. The van der Waals surface area contributed by atoms with Crippen LogP contribution in [0.2, 0.25) is 0 Å². The minimum absolute atomic E-state index is 0.155. The lowest BCUT2D eigenvalue weighted by Crippen LogP contribution is -1.96. The van der Waals surface area contributed by atoms with E-state index in [2.05, 4.69) is 4.98 Å². The normalized spacial score (nSPS) is 10.4. The van der Waals surface area contributed by atoms with E-state index in [0.717, 1.165) is 0 Å². The summed E-state index contributed by atoms with van der Waals surface area (Å²) in [7, 11) is 1.52. The number of pyridine rings is 1. The molecule has 0 saturated heterocycles. The van der Waals surface area contributed by atoms with Crippen LogP contribution in [-0.4, -0.2) is 12.1 Å². The molecular weight excluding hydrogens is 157 g/mol. The first-order valence-electron chi connectivity index (χ1n) is 3.84. The highest BCUT2D eigenvalue weighted by Gasteiger charge is 2.08. The lowest BCUT2D eigenvalue weighted by atomic mass is 10.0. The summed E-state index contributed by atoms with van der Waals surface area (Å²) in [4.78, 5) is 3.74. The first-order valence-corrected chi connectivity index (χ1v) is 3.84. The largest absolute Gasteiger partial charge is 0.481 e. The van der Waals surface area contributed by atoms with E-state index in [1.807, 2.05) is 13.8 Å². The number of halogens is 1. The SMILES string of the molecule is COc1cc(C(C)C)c(F)cn1. The van der Waals surface area contributed by atoms with E-state index in [9.17, 15) is 4.39 Å². The molecule has 0 N–H and O–H groups in total. The molecule has 66 valence electrons. The molecule has 0 atom stereocenters. The van der Waals surface area contributed by atoms with Gasteiger partial charge in [0.1, 0.15) is 5.82 Å². The summed E-state index contributed by atoms with van der Waals surface area (Å²) in [6.45, 7) is 3.86. The van der Waals surface area contributed by atoms with Crippen molar-refractivity contribution in [2.75, 3.05) is 7.11 Å². The number of rotatable bonds is 2. The molecule has 1 aromatic heterocycles. The molecule has 0 spiro atoms. The lowest BCUT2D eigenvalue weighted by molar-refractivity contribution is 0.394. The van der Waals surface area contributed by atoms with Gasteiger partial charge in [-0.25, -0.2) is 9.37 Å². The van der Waals surface area contributed by atoms with Crippen LogP contribution in [0.3, 0.4) is 0 Å². The minimum Gasteiger partial charge on any atom is -0.481 e. The van der Waals surface area contributed by atoms with Crippen LogP contribution in [0, 0.1) is 5.82 Å². The number of hydrogen-bond acceptors (Lipinski definition) is 2. The van der Waals surface area contributed by atoms with Gasteiger partial charge in [-0.3, -0.25) is 0 Å².